The first-order valence-corrected chi connectivity index (χ1v) is 13.9. The Kier molecular flexibility index (Phi) is 5.39. The number of para-hydroxylation sites is 1. The van der Waals surface area contributed by atoms with Crippen LogP contribution in [0.25, 0.3) is 44.2 Å². The van der Waals surface area contributed by atoms with Crippen LogP contribution in [0.5, 0.6) is 0 Å². The molecule has 1 nitrogen and oxygen atoms in total. The van der Waals surface area contributed by atoms with E-state index in [-0.39, 0.29) is 5.41 Å². The first-order valence-electron chi connectivity index (χ1n) is 13.9. The van der Waals surface area contributed by atoms with Crippen LogP contribution in [0.3, 0.4) is 0 Å². The van der Waals surface area contributed by atoms with E-state index in [0.717, 1.165) is 23.0 Å². The Morgan fingerprint density at radius 1 is 0.718 bits per heavy atom. The summed E-state index contributed by atoms with van der Waals surface area (Å²) in [7, 11) is 0. The Morgan fingerprint density at radius 3 is 2.23 bits per heavy atom. The molecule has 1 aromatic heterocycles. The molecule has 0 N–H and O–H groups in total. The summed E-state index contributed by atoms with van der Waals surface area (Å²) in [5.41, 5.74) is 15.0. The quantitative estimate of drug-likeness (QED) is 0.233. The molecule has 2 aliphatic rings. The number of aryl methyl sites for hydroxylation is 1. The van der Waals surface area contributed by atoms with E-state index in [1.165, 1.54) is 61.0 Å². The summed E-state index contributed by atoms with van der Waals surface area (Å²) in [4.78, 5) is 0. The van der Waals surface area contributed by atoms with Crippen molar-refractivity contribution < 1.29 is 4.42 Å². The van der Waals surface area contributed by atoms with Crippen molar-refractivity contribution in [1.29, 1.82) is 0 Å². The first kappa shape index (κ1) is 23.7. The average Bonchev–Trinajstić information content (AvgIpc) is 3.59. The molecule has 190 valence electrons. The second kappa shape index (κ2) is 8.85. The van der Waals surface area contributed by atoms with Gasteiger partial charge in [-0.3, -0.25) is 0 Å². The molecule has 1 heteroatoms. The van der Waals surface area contributed by atoms with Crippen LogP contribution in [0.15, 0.2) is 130 Å². The summed E-state index contributed by atoms with van der Waals surface area (Å²) < 4.78 is 6.26. The molecule has 0 radical (unpaired) electrons. The second-order valence-corrected chi connectivity index (χ2v) is 10.8. The molecule has 7 rings (SSSR count). The highest BCUT2D eigenvalue weighted by molar-refractivity contribution is 6.06. The molecule has 0 bridgehead atoms. The number of hydrogen-bond acceptors (Lipinski definition) is 1. The maximum Gasteiger partial charge on any atom is 0.136 e. The maximum atomic E-state index is 6.26. The Hall–Kier alpha value is -4.36. The van der Waals surface area contributed by atoms with Gasteiger partial charge in [0.05, 0.1) is 5.41 Å². The smallest absolute Gasteiger partial charge is 0.136 e. The number of hydrogen-bond donors (Lipinski definition) is 0. The van der Waals surface area contributed by atoms with Gasteiger partial charge in [0.25, 0.3) is 0 Å². The van der Waals surface area contributed by atoms with Crippen molar-refractivity contribution in [2.45, 2.75) is 39.5 Å². The predicted molar refractivity (Wildman–Crippen MR) is 165 cm³/mol. The summed E-state index contributed by atoms with van der Waals surface area (Å²) in [6.45, 7) is 8.68. The van der Waals surface area contributed by atoms with Gasteiger partial charge >= 0.3 is 0 Å². The first-order chi connectivity index (χ1) is 19.1. The van der Waals surface area contributed by atoms with Crippen molar-refractivity contribution in [3.8, 4) is 22.3 Å². The zero-order valence-corrected chi connectivity index (χ0v) is 23.0. The van der Waals surface area contributed by atoms with Gasteiger partial charge in [0, 0.05) is 10.8 Å². The lowest BCUT2D eigenvalue weighted by Crippen LogP contribution is -2.26. The predicted octanol–water partition coefficient (Wildman–Crippen LogP) is 10.6. The van der Waals surface area contributed by atoms with E-state index in [1.54, 1.807) is 0 Å². The van der Waals surface area contributed by atoms with E-state index in [4.69, 9.17) is 4.42 Å². The number of furan rings is 1. The van der Waals surface area contributed by atoms with Crippen LogP contribution < -0.4 is 0 Å². The highest BCUT2D eigenvalue weighted by atomic mass is 16.3. The second-order valence-electron chi connectivity index (χ2n) is 10.8. The summed E-state index contributed by atoms with van der Waals surface area (Å²) >= 11 is 0. The molecule has 1 saturated carbocycles. The van der Waals surface area contributed by atoms with Gasteiger partial charge in [-0.15, -0.1) is 0 Å². The minimum absolute atomic E-state index is 0.285. The van der Waals surface area contributed by atoms with Crippen molar-refractivity contribution in [3.63, 3.8) is 0 Å². The van der Waals surface area contributed by atoms with Crippen LogP contribution in [0.1, 0.15) is 43.9 Å². The fraction of sp³-hybridized carbons (Fsp3) is 0.158. The summed E-state index contributed by atoms with van der Waals surface area (Å²) in [6.07, 6.45) is 12.3. The highest BCUT2D eigenvalue weighted by Gasteiger charge is 2.52. The molecule has 39 heavy (non-hydrogen) atoms. The van der Waals surface area contributed by atoms with Crippen molar-refractivity contribution >= 4 is 21.9 Å². The molecule has 1 fully saturated rings. The van der Waals surface area contributed by atoms with Crippen LogP contribution in [-0.2, 0) is 5.41 Å². The third kappa shape index (κ3) is 3.26. The number of allylic oxidation sites excluding steroid dienone is 8. The lowest BCUT2D eigenvalue weighted by Gasteiger charge is -2.32. The van der Waals surface area contributed by atoms with Crippen molar-refractivity contribution in [3.05, 3.63) is 143 Å². The molecular weight excluding hydrogens is 472 g/mol. The van der Waals surface area contributed by atoms with Gasteiger partial charge in [-0.2, -0.15) is 0 Å². The lowest BCUT2D eigenvalue weighted by molar-refractivity contribution is 0.669. The standard InChI is InChI=1S/C38H32O/c1-5-8-11-28-21-25(6-2)33(7-3)38(28)34-20-24(4)14-17-29(34)30-18-15-26(22-35(30)38)27-16-19-32-31-12-9-10-13-36(31)39-37(32)23-27/h5-20,22-23H,21H2,1-4H3/b8-5-,25-6-,28-11+,33-7+. The van der Waals surface area contributed by atoms with Gasteiger partial charge in [0.2, 0.25) is 0 Å². The minimum Gasteiger partial charge on any atom is -0.456 e. The van der Waals surface area contributed by atoms with E-state index in [2.05, 4.69) is 125 Å². The number of fused-ring (bicyclic) bond motifs is 8. The van der Waals surface area contributed by atoms with E-state index in [1.807, 2.05) is 12.1 Å². The zero-order valence-electron chi connectivity index (χ0n) is 23.0. The molecule has 1 atom stereocenters. The fourth-order valence-corrected chi connectivity index (χ4v) is 7.06. The normalized spacial score (nSPS) is 21.4. The molecule has 1 spiro atoms. The van der Waals surface area contributed by atoms with E-state index in [0.29, 0.717) is 0 Å². The van der Waals surface area contributed by atoms with Crippen molar-refractivity contribution in [2.75, 3.05) is 0 Å². The molecule has 1 heterocycles. The molecule has 0 aliphatic heterocycles. The molecular formula is C38H32O. The third-order valence-electron chi connectivity index (χ3n) is 8.74. The van der Waals surface area contributed by atoms with Gasteiger partial charge < -0.3 is 4.42 Å². The van der Waals surface area contributed by atoms with Gasteiger partial charge in [0.15, 0.2) is 0 Å². The summed E-state index contributed by atoms with van der Waals surface area (Å²) in [6, 6.07) is 29.0. The van der Waals surface area contributed by atoms with Crippen molar-refractivity contribution in [2.24, 2.45) is 0 Å². The van der Waals surface area contributed by atoms with E-state index < -0.39 is 0 Å². The van der Waals surface area contributed by atoms with Gasteiger partial charge in [-0.25, -0.2) is 0 Å². The largest absolute Gasteiger partial charge is 0.456 e. The summed E-state index contributed by atoms with van der Waals surface area (Å²) in [5.74, 6) is 0. The van der Waals surface area contributed by atoms with Crippen LogP contribution in [-0.4, -0.2) is 0 Å². The Balaban J connectivity index is 1.51. The third-order valence-corrected chi connectivity index (χ3v) is 8.74. The SMILES string of the molecule is C/C=C\C=C1/CC(=C/C)/C(=C\C)C12c1cc(C)ccc1-c1ccc(-c3ccc4c(c3)oc3ccccc34)cc12. The van der Waals surface area contributed by atoms with E-state index in [9.17, 15) is 0 Å². The Bertz CT molecular complexity index is 1920. The minimum atomic E-state index is -0.285. The lowest BCUT2D eigenvalue weighted by atomic mass is 9.69. The Morgan fingerprint density at radius 2 is 1.44 bits per heavy atom. The number of benzene rings is 4. The maximum absolute atomic E-state index is 6.26. The molecule has 1 unspecified atom stereocenters. The van der Waals surface area contributed by atoms with E-state index >= 15 is 0 Å². The van der Waals surface area contributed by atoms with Crippen LogP contribution >= 0.6 is 0 Å². The van der Waals surface area contributed by atoms with Gasteiger partial charge in [-0.1, -0.05) is 90.5 Å². The fourth-order valence-electron chi connectivity index (χ4n) is 7.06. The topological polar surface area (TPSA) is 13.1 Å². The summed E-state index contributed by atoms with van der Waals surface area (Å²) in [5, 5.41) is 2.33. The van der Waals surface area contributed by atoms with Crippen LogP contribution in [0, 0.1) is 6.92 Å². The average molecular weight is 505 g/mol. The monoisotopic (exact) mass is 504 g/mol. The highest BCUT2D eigenvalue weighted by Crippen LogP contribution is 2.63. The molecule has 0 amide bonds. The van der Waals surface area contributed by atoms with Crippen LogP contribution in [0.4, 0.5) is 0 Å². The molecule has 4 aromatic carbocycles. The molecule has 0 saturated heterocycles. The van der Waals surface area contributed by atoms with Crippen LogP contribution in [0.2, 0.25) is 0 Å². The Labute approximate surface area is 230 Å². The zero-order chi connectivity index (χ0) is 26.7. The molecule has 2 aliphatic carbocycles. The molecule has 5 aromatic rings. The van der Waals surface area contributed by atoms with Gasteiger partial charge in [0.1, 0.15) is 11.2 Å². The van der Waals surface area contributed by atoms with Gasteiger partial charge in [-0.05, 0) is 108 Å². The number of rotatable bonds is 2. The van der Waals surface area contributed by atoms with Crippen molar-refractivity contribution in [1.82, 2.24) is 0 Å².